The minimum absolute atomic E-state index is 0.130. The van der Waals surface area contributed by atoms with Crippen LogP contribution in [0.1, 0.15) is 10.4 Å². The molecule has 0 saturated heterocycles. The standard InChI is InChI=1S/C19H12N2S2/c1-13-2-4-15(5-3-13)17-8-9-19(23-17)18-7-6-16(22-18)10-14(11-20)12-21/h2-10H,1H3. The molecule has 0 radical (unpaired) electrons. The number of nitrogens with zero attached hydrogens (tertiary/aromatic N) is 2. The molecule has 3 aromatic rings. The molecule has 0 atom stereocenters. The fraction of sp³-hybridized carbons (Fsp3) is 0.0526. The highest BCUT2D eigenvalue weighted by Crippen LogP contribution is 2.38. The van der Waals surface area contributed by atoms with Gasteiger partial charge in [0.2, 0.25) is 0 Å². The summed E-state index contributed by atoms with van der Waals surface area (Å²) in [5.74, 6) is 0. The Balaban J connectivity index is 1.88. The molecule has 0 saturated carbocycles. The second-order valence-corrected chi connectivity index (χ2v) is 7.21. The molecule has 2 aromatic heterocycles. The Labute approximate surface area is 143 Å². The van der Waals surface area contributed by atoms with E-state index in [0.717, 1.165) is 9.75 Å². The van der Waals surface area contributed by atoms with E-state index in [4.69, 9.17) is 10.5 Å². The molecule has 0 amide bonds. The quantitative estimate of drug-likeness (QED) is 0.562. The molecule has 2 heterocycles. The van der Waals surface area contributed by atoms with Gasteiger partial charge in [-0.15, -0.1) is 22.7 Å². The number of hydrogen-bond donors (Lipinski definition) is 0. The van der Waals surface area contributed by atoms with Crippen molar-refractivity contribution < 1.29 is 0 Å². The van der Waals surface area contributed by atoms with Crippen molar-refractivity contribution in [1.82, 2.24) is 0 Å². The molecule has 0 aliphatic rings. The lowest BCUT2D eigenvalue weighted by Crippen LogP contribution is -1.72. The van der Waals surface area contributed by atoms with Gasteiger partial charge < -0.3 is 0 Å². The third-order valence-electron chi connectivity index (χ3n) is 3.34. The molecule has 4 heteroatoms. The van der Waals surface area contributed by atoms with Crippen molar-refractivity contribution in [2.45, 2.75) is 6.92 Å². The molecule has 0 aliphatic carbocycles. The lowest BCUT2D eigenvalue weighted by Gasteiger charge is -1.97. The van der Waals surface area contributed by atoms with Crippen LogP contribution in [0.4, 0.5) is 0 Å². The number of allylic oxidation sites excluding steroid dienone is 1. The molecule has 0 bridgehead atoms. The van der Waals surface area contributed by atoms with Crippen LogP contribution in [-0.2, 0) is 0 Å². The summed E-state index contributed by atoms with van der Waals surface area (Å²) >= 11 is 3.34. The zero-order valence-corrected chi connectivity index (χ0v) is 14.0. The normalized spacial score (nSPS) is 9.87. The Morgan fingerprint density at radius 3 is 2.13 bits per heavy atom. The van der Waals surface area contributed by atoms with E-state index in [9.17, 15) is 0 Å². The second kappa shape index (κ2) is 6.62. The molecule has 0 unspecified atom stereocenters. The number of benzene rings is 1. The van der Waals surface area contributed by atoms with Crippen molar-refractivity contribution in [3.05, 3.63) is 64.5 Å². The third kappa shape index (κ3) is 3.40. The van der Waals surface area contributed by atoms with Crippen molar-refractivity contribution in [2.24, 2.45) is 0 Å². The Morgan fingerprint density at radius 1 is 0.826 bits per heavy atom. The number of aryl methyl sites for hydroxylation is 1. The Morgan fingerprint density at radius 2 is 1.43 bits per heavy atom. The summed E-state index contributed by atoms with van der Waals surface area (Å²) in [5.41, 5.74) is 2.61. The van der Waals surface area contributed by atoms with Gasteiger partial charge in [0.1, 0.15) is 17.7 Å². The van der Waals surface area contributed by atoms with Gasteiger partial charge in [-0.05, 0) is 42.8 Å². The fourth-order valence-electron chi connectivity index (χ4n) is 2.14. The highest BCUT2D eigenvalue weighted by Gasteiger charge is 2.07. The van der Waals surface area contributed by atoms with Gasteiger partial charge in [-0.3, -0.25) is 0 Å². The van der Waals surface area contributed by atoms with E-state index in [-0.39, 0.29) is 5.57 Å². The van der Waals surface area contributed by atoms with E-state index in [1.165, 1.54) is 20.9 Å². The summed E-state index contributed by atoms with van der Waals surface area (Å²) in [7, 11) is 0. The fourth-order valence-corrected chi connectivity index (χ4v) is 4.19. The largest absolute Gasteiger partial charge is 0.192 e. The summed E-state index contributed by atoms with van der Waals surface area (Å²) in [6.07, 6.45) is 1.63. The van der Waals surface area contributed by atoms with Crippen molar-refractivity contribution in [1.29, 1.82) is 10.5 Å². The van der Waals surface area contributed by atoms with Crippen LogP contribution >= 0.6 is 22.7 Å². The molecule has 0 aliphatic heterocycles. The van der Waals surface area contributed by atoms with Gasteiger partial charge in [-0.25, -0.2) is 0 Å². The van der Waals surface area contributed by atoms with E-state index in [0.29, 0.717) is 0 Å². The van der Waals surface area contributed by atoms with Gasteiger partial charge in [0.15, 0.2) is 0 Å². The van der Waals surface area contributed by atoms with E-state index in [1.807, 2.05) is 24.3 Å². The van der Waals surface area contributed by atoms with Crippen LogP contribution in [-0.4, -0.2) is 0 Å². The summed E-state index contributed by atoms with van der Waals surface area (Å²) in [4.78, 5) is 4.50. The van der Waals surface area contributed by atoms with E-state index >= 15 is 0 Å². The van der Waals surface area contributed by atoms with Crippen molar-refractivity contribution in [3.8, 4) is 32.3 Å². The number of rotatable bonds is 3. The first kappa shape index (κ1) is 15.2. The first-order valence-corrected chi connectivity index (χ1v) is 8.62. The summed E-state index contributed by atoms with van der Waals surface area (Å²) in [6, 6.07) is 20.5. The lowest BCUT2D eigenvalue weighted by molar-refractivity contribution is 1.47. The lowest BCUT2D eigenvalue weighted by atomic mass is 10.1. The molecule has 1 aromatic carbocycles. The monoisotopic (exact) mass is 332 g/mol. The molecule has 0 spiro atoms. The van der Waals surface area contributed by atoms with E-state index in [1.54, 1.807) is 28.7 Å². The number of thiophene rings is 2. The highest BCUT2D eigenvalue weighted by atomic mass is 32.1. The maximum atomic E-state index is 8.83. The average Bonchev–Trinajstić information content (AvgIpc) is 3.22. The molecule has 2 nitrogen and oxygen atoms in total. The molecular weight excluding hydrogens is 320 g/mol. The van der Waals surface area contributed by atoms with Crippen molar-refractivity contribution in [2.75, 3.05) is 0 Å². The minimum atomic E-state index is 0.130. The molecular formula is C19H12N2S2. The van der Waals surface area contributed by atoms with Gasteiger partial charge in [0, 0.05) is 19.5 Å². The van der Waals surface area contributed by atoms with Crippen LogP contribution in [0.2, 0.25) is 0 Å². The van der Waals surface area contributed by atoms with Gasteiger partial charge in [-0.1, -0.05) is 29.8 Å². The summed E-state index contributed by atoms with van der Waals surface area (Å²) < 4.78 is 0. The molecule has 3 rings (SSSR count). The van der Waals surface area contributed by atoms with E-state index in [2.05, 4.69) is 43.3 Å². The van der Waals surface area contributed by atoms with Gasteiger partial charge in [0.25, 0.3) is 0 Å². The van der Waals surface area contributed by atoms with E-state index < -0.39 is 0 Å². The SMILES string of the molecule is Cc1ccc(-c2ccc(-c3ccc(C=C(C#N)C#N)s3)s2)cc1. The first-order valence-electron chi connectivity index (χ1n) is 6.98. The minimum Gasteiger partial charge on any atom is -0.192 e. The van der Waals surface area contributed by atoms with Crippen molar-refractivity contribution >= 4 is 28.7 Å². The zero-order chi connectivity index (χ0) is 16.2. The molecule has 0 N–H and O–H groups in total. The summed E-state index contributed by atoms with van der Waals surface area (Å²) in [5, 5.41) is 17.7. The molecule has 110 valence electrons. The third-order valence-corrected chi connectivity index (χ3v) is 5.70. The topological polar surface area (TPSA) is 47.6 Å². The van der Waals surface area contributed by atoms with Crippen LogP contribution in [0.3, 0.4) is 0 Å². The maximum absolute atomic E-state index is 8.83. The highest BCUT2D eigenvalue weighted by molar-refractivity contribution is 7.24. The molecule has 23 heavy (non-hydrogen) atoms. The van der Waals surface area contributed by atoms with Crippen LogP contribution in [0.5, 0.6) is 0 Å². The van der Waals surface area contributed by atoms with Gasteiger partial charge in [-0.2, -0.15) is 10.5 Å². The van der Waals surface area contributed by atoms with Crippen LogP contribution in [0.25, 0.3) is 26.3 Å². The summed E-state index contributed by atoms with van der Waals surface area (Å²) in [6.45, 7) is 2.08. The number of hydrogen-bond acceptors (Lipinski definition) is 4. The Kier molecular flexibility index (Phi) is 4.39. The average molecular weight is 332 g/mol. The van der Waals surface area contributed by atoms with Crippen LogP contribution in [0, 0.1) is 29.6 Å². The predicted molar refractivity (Wildman–Crippen MR) is 97.0 cm³/mol. The zero-order valence-electron chi connectivity index (χ0n) is 12.4. The maximum Gasteiger partial charge on any atom is 0.131 e. The van der Waals surface area contributed by atoms with Crippen molar-refractivity contribution in [3.63, 3.8) is 0 Å². The van der Waals surface area contributed by atoms with Gasteiger partial charge >= 0.3 is 0 Å². The van der Waals surface area contributed by atoms with Crippen LogP contribution < -0.4 is 0 Å². The Hall–Kier alpha value is -2.66. The smallest absolute Gasteiger partial charge is 0.131 e. The Bertz CT molecular complexity index is 928. The number of nitriles is 2. The predicted octanol–water partition coefficient (Wildman–Crippen LogP) is 5.88. The first-order chi connectivity index (χ1) is 11.2. The van der Waals surface area contributed by atoms with Crippen LogP contribution in [0.15, 0.2) is 54.1 Å². The van der Waals surface area contributed by atoms with Gasteiger partial charge in [0.05, 0.1) is 0 Å². The second-order valence-electron chi connectivity index (χ2n) is 5.01. The molecule has 0 fully saturated rings.